The van der Waals surface area contributed by atoms with Gasteiger partial charge in [0.2, 0.25) is 0 Å². The molecule has 0 fully saturated rings. The molecule has 4 amide bonds. The summed E-state index contributed by atoms with van der Waals surface area (Å²) in [4.78, 5) is 27.5. The molecule has 0 unspecified atom stereocenters. The van der Waals surface area contributed by atoms with E-state index in [0.717, 1.165) is 0 Å². The van der Waals surface area contributed by atoms with E-state index in [-0.39, 0.29) is 5.17 Å². The Morgan fingerprint density at radius 3 is 2.56 bits per heavy atom. The standard InChI is InChI=1S/C9H16N4O2S/c1-5-6-10-7(14)11-8(16-4)12-9(15)13(2)3/h5H,1,6H2,2-4H3,(H2,10,11,12,14,15). The van der Waals surface area contributed by atoms with Crippen molar-refractivity contribution < 1.29 is 9.59 Å². The average Bonchev–Trinajstić information content (AvgIpc) is 2.24. The van der Waals surface area contributed by atoms with Crippen molar-refractivity contribution in [3.8, 4) is 0 Å². The molecule has 2 N–H and O–H groups in total. The summed E-state index contributed by atoms with van der Waals surface area (Å²) in [7, 11) is 3.17. The zero-order valence-corrected chi connectivity index (χ0v) is 10.4. The molecule has 6 nitrogen and oxygen atoms in total. The maximum atomic E-state index is 11.2. The number of rotatable bonds is 2. The molecule has 0 aromatic rings. The Morgan fingerprint density at radius 1 is 1.50 bits per heavy atom. The van der Waals surface area contributed by atoms with E-state index in [0.29, 0.717) is 6.54 Å². The van der Waals surface area contributed by atoms with E-state index in [1.807, 2.05) is 0 Å². The first-order valence-electron chi connectivity index (χ1n) is 4.51. The first kappa shape index (κ1) is 14.5. The van der Waals surface area contributed by atoms with Crippen LogP contribution in [-0.2, 0) is 0 Å². The quantitative estimate of drug-likeness (QED) is 0.430. The van der Waals surface area contributed by atoms with E-state index in [9.17, 15) is 9.59 Å². The first-order valence-corrected chi connectivity index (χ1v) is 5.73. The lowest BCUT2D eigenvalue weighted by molar-refractivity contribution is 0.227. The summed E-state index contributed by atoms with van der Waals surface area (Å²) < 4.78 is 0. The minimum absolute atomic E-state index is 0.250. The summed E-state index contributed by atoms with van der Waals surface area (Å²) in [5.74, 6) is 0. The van der Waals surface area contributed by atoms with E-state index in [2.05, 4.69) is 22.2 Å². The summed E-state index contributed by atoms with van der Waals surface area (Å²) in [6, 6.07) is -0.840. The highest BCUT2D eigenvalue weighted by Gasteiger charge is 2.07. The van der Waals surface area contributed by atoms with Gasteiger partial charge < -0.3 is 10.2 Å². The molecule has 0 aliphatic carbocycles. The number of carbonyl (C=O) groups is 2. The van der Waals surface area contributed by atoms with E-state index in [4.69, 9.17) is 0 Å². The molecule has 0 atom stereocenters. The van der Waals surface area contributed by atoms with E-state index >= 15 is 0 Å². The highest BCUT2D eigenvalue weighted by atomic mass is 32.2. The molecule has 16 heavy (non-hydrogen) atoms. The number of nitrogens with one attached hydrogen (secondary N) is 2. The topological polar surface area (TPSA) is 73.8 Å². The third kappa shape index (κ3) is 6.07. The molecule has 0 radical (unpaired) electrons. The van der Waals surface area contributed by atoms with Crippen LogP contribution in [0.2, 0.25) is 0 Å². The number of aliphatic imine (C=N–C) groups is 1. The average molecular weight is 244 g/mol. The number of nitrogens with zero attached hydrogens (tertiary/aromatic N) is 2. The molecule has 0 bridgehead atoms. The lowest BCUT2D eigenvalue weighted by Crippen LogP contribution is -2.39. The number of amides is 4. The molecular formula is C9H16N4O2S. The van der Waals surface area contributed by atoms with Crippen LogP contribution in [0.15, 0.2) is 17.6 Å². The number of carbonyl (C=O) groups excluding carboxylic acids is 2. The molecule has 0 rings (SSSR count). The van der Waals surface area contributed by atoms with Gasteiger partial charge in [0, 0.05) is 20.6 Å². The third-order valence-electron chi connectivity index (χ3n) is 1.40. The van der Waals surface area contributed by atoms with Crippen LogP contribution in [0.5, 0.6) is 0 Å². The van der Waals surface area contributed by atoms with Gasteiger partial charge in [-0.15, -0.1) is 6.58 Å². The molecule has 0 heterocycles. The van der Waals surface area contributed by atoms with Gasteiger partial charge in [-0.1, -0.05) is 17.8 Å². The summed E-state index contributed by atoms with van der Waals surface area (Å²) in [5, 5.41) is 5.22. The highest BCUT2D eigenvalue weighted by Crippen LogP contribution is 1.97. The van der Waals surface area contributed by atoms with Crippen LogP contribution in [0, 0.1) is 0 Å². The Bertz CT molecular complexity index is 302. The van der Waals surface area contributed by atoms with E-state index in [1.165, 1.54) is 16.7 Å². The molecule has 0 aromatic carbocycles. The number of hydrogen-bond acceptors (Lipinski definition) is 3. The molecule has 0 saturated heterocycles. The van der Waals surface area contributed by atoms with Gasteiger partial charge in [-0.05, 0) is 6.26 Å². The van der Waals surface area contributed by atoms with Gasteiger partial charge in [0.25, 0.3) is 0 Å². The SMILES string of the molecule is C=CCNC(=O)NC(=NC(=O)N(C)C)SC. The molecule has 0 aliphatic heterocycles. The van der Waals surface area contributed by atoms with Crippen LogP contribution in [0.4, 0.5) is 9.59 Å². The summed E-state index contributed by atoms with van der Waals surface area (Å²) in [5.41, 5.74) is 0. The van der Waals surface area contributed by atoms with Gasteiger partial charge in [-0.25, -0.2) is 9.59 Å². The summed E-state index contributed by atoms with van der Waals surface area (Å²) in [6.07, 6.45) is 3.27. The number of thioether (sulfide) groups is 1. The Hall–Kier alpha value is -1.50. The maximum Gasteiger partial charge on any atom is 0.345 e. The van der Waals surface area contributed by atoms with Crippen molar-refractivity contribution >= 4 is 29.0 Å². The van der Waals surface area contributed by atoms with Crippen molar-refractivity contribution in [3.05, 3.63) is 12.7 Å². The minimum atomic E-state index is -0.423. The molecule has 0 spiro atoms. The van der Waals surface area contributed by atoms with Crippen molar-refractivity contribution in [2.75, 3.05) is 26.9 Å². The van der Waals surface area contributed by atoms with Gasteiger partial charge in [-0.3, -0.25) is 5.32 Å². The molecule has 0 aromatic heterocycles. The zero-order valence-electron chi connectivity index (χ0n) is 9.61. The fourth-order valence-electron chi connectivity index (χ4n) is 0.618. The second-order valence-electron chi connectivity index (χ2n) is 2.92. The van der Waals surface area contributed by atoms with Crippen LogP contribution < -0.4 is 10.6 Å². The molecule has 90 valence electrons. The Morgan fingerprint density at radius 2 is 2.12 bits per heavy atom. The van der Waals surface area contributed by atoms with Crippen molar-refractivity contribution in [2.45, 2.75) is 0 Å². The van der Waals surface area contributed by atoms with Crippen molar-refractivity contribution in [3.63, 3.8) is 0 Å². The fourth-order valence-corrected chi connectivity index (χ4v) is 0.982. The molecule has 0 saturated carbocycles. The van der Waals surface area contributed by atoms with Crippen molar-refractivity contribution in [1.82, 2.24) is 15.5 Å². The number of urea groups is 2. The van der Waals surface area contributed by atoms with Crippen LogP contribution >= 0.6 is 11.8 Å². The third-order valence-corrected chi connectivity index (χ3v) is 1.98. The monoisotopic (exact) mass is 244 g/mol. The van der Waals surface area contributed by atoms with Crippen LogP contribution in [0.3, 0.4) is 0 Å². The van der Waals surface area contributed by atoms with Gasteiger partial charge in [-0.2, -0.15) is 4.99 Å². The van der Waals surface area contributed by atoms with Gasteiger partial charge in [0.15, 0.2) is 5.17 Å². The predicted molar refractivity (Wildman–Crippen MR) is 66.8 cm³/mol. The molecular weight excluding hydrogens is 228 g/mol. The lowest BCUT2D eigenvalue weighted by Gasteiger charge is -2.09. The normalized spacial score (nSPS) is 10.6. The predicted octanol–water partition coefficient (Wildman–Crippen LogP) is 0.872. The van der Waals surface area contributed by atoms with Gasteiger partial charge >= 0.3 is 12.1 Å². The van der Waals surface area contributed by atoms with Crippen LogP contribution in [-0.4, -0.2) is 49.0 Å². The Kier molecular flexibility index (Phi) is 7.02. The number of hydrogen-bond donors (Lipinski definition) is 2. The Balaban J connectivity index is 4.34. The fraction of sp³-hybridized carbons (Fsp3) is 0.444. The molecule has 7 heteroatoms. The van der Waals surface area contributed by atoms with E-state index < -0.39 is 12.1 Å². The van der Waals surface area contributed by atoms with E-state index in [1.54, 1.807) is 26.4 Å². The van der Waals surface area contributed by atoms with Gasteiger partial charge in [0.1, 0.15) is 0 Å². The first-order chi connectivity index (χ1) is 7.51. The highest BCUT2D eigenvalue weighted by molar-refractivity contribution is 8.13. The second kappa shape index (κ2) is 7.75. The largest absolute Gasteiger partial charge is 0.345 e. The van der Waals surface area contributed by atoms with Crippen molar-refractivity contribution in [2.24, 2.45) is 4.99 Å². The van der Waals surface area contributed by atoms with Crippen LogP contribution in [0.25, 0.3) is 0 Å². The lowest BCUT2D eigenvalue weighted by atomic mass is 10.6. The second-order valence-corrected chi connectivity index (χ2v) is 3.72. The number of amidine groups is 1. The summed E-state index contributed by atoms with van der Waals surface area (Å²) in [6.45, 7) is 3.82. The maximum absolute atomic E-state index is 11.2. The van der Waals surface area contributed by atoms with Crippen molar-refractivity contribution in [1.29, 1.82) is 0 Å². The zero-order chi connectivity index (χ0) is 12.6. The van der Waals surface area contributed by atoms with Crippen LogP contribution in [0.1, 0.15) is 0 Å². The summed E-state index contributed by atoms with van der Waals surface area (Å²) >= 11 is 1.18. The molecule has 0 aliphatic rings. The minimum Gasteiger partial charge on any atom is -0.334 e. The smallest absolute Gasteiger partial charge is 0.334 e. The Labute approximate surface area is 99.2 Å². The van der Waals surface area contributed by atoms with Gasteiger partial charge in [0.05, 0.1) is 0 Å².